The number of alkyl halides is 1. The van der Waals surface area contributed by atoms with E-state index in [2.05, 4.69) is 27.1 Å². The summed E-state index contributed by atoms with van der Waals surface area (Å²) in [5.41, 5.74) is 0.223. The number of fused-ring (bicyclic) bond motifs is 3. The fourth-order valence-corrected chi connectivity index (χ4v) is 10.0. The Morgan fingerprint density at radius 3 is 2.64 bits per heavy atom. The number of morpholine rings is 1. The maximum Gasteiger partial charge on any atom is 0.256 e. The van der Waals surface area contributed by atoms with Crippen molar-refractivity contribution in [1.29, 1.82) is 0 Å². The number of carbonyl (C=O) groups excluding carboxylic acids is 2. The highest BCUT2D eigenvalue weighted by Crippen LogP contribution is 2.51. The van der Waals surface area contributed by atoms with E-state index in [9.17, 15) is 9.59 Å². The minimum absolute atomic E-state index is 0.000814. The van der Waals surface area contributed by atoms with Crippen LogP contribution in [0.2, 0.25) is 0 Å². The Morgan fingerprint density at radius 1 is 1.09 bits per heavy atom. The fourth-order valence-electron chi connectivity index (χ4n) is 10.0. The van der Waals surface area contributed by atoms with Crippen LogP contribution in [0.3, 0.4) is 0 Å². The largest absolute Gasteiger partial charge is 0.369 e. The number of likely N-dealkylation sites (tertiary alicyclic amines) is 2. The van der Waals surface area contributed by atoms with Crippen LogP contribution in [0.4, 0.5) is 4.39 Å². The molecular formula is C34H53FN6O3. The van der Waals surface area contributed by atoms with Crippen LogP contribution >= 0.6 is 0 Å². The Kier molecular flexibility index (Phi) is 8.79. The lowest BCUT2D eigenvalue weighted by atomic mass is 9.64. The quantitative estimate of drug-likeness (QED) is 0.269. The molecule has 244 valence electrons. The summed E-state index contributed by atoms with van der Waals surface area (Å²) in [5.74, 6) is 0.268. The van der Waals surface area contributed by atoms with Crippen LogP contribution in [0.25, 0.3) is 0 Å². The van der Waals surface area contributed by atoms with Crippen molar-refractivity contribution in [2.75, 3.05) is 47.3 Å². The smallest absolute Gasteiger partial charge is 0.256 e. The van der Waals surface area contributed by atoms with E-state index in [1.807, 2.05) is 31.5 Å². The number of aliphatic imine (C=N–C) groups is 1. The highest BCUT2D eigenvalue weighted by atomic mass is 19.1. The Hall–Kier alpha value is -2.04. The number of rotatable bonds is 7. The third-order valence-corrected chi connectivity index (χ3v) is 12.3. The first-order valence-corrected chi connectivity index (χ1v) is 17.5. The summed E-state index contributed by atoms with van der Waals surface area (Å²) in [5, 5.41) is 3.07. The van der Waals surface area contributed by atoms with E-state index >= 15 is 4.39 Å². The van der Waals surface area contributed by atoms with Crippen molar-refractivity contribution in [1.82, 2.24) is 24.9 Å². The van der Waals surface area contributed by atoms with E-state index in [0.717, 1.165) is 45.2 Å². The summed E-state index contributed by atoms with van der Waals surface area (Å²) in [7, 11) is 6.07. The molecule has 3 saturated heterocycles. The standard InChI is InChI=1S/C34H53FN6O3/c1-38(2)20-37-23-11-14-40(18-23)31-27(35)17-25-30-33(31)44-29-16-22-8-5-4-7-21(22)15-28(29)41(30)19-26(32(25)42)34(43)36-12-10-24-9-6-13-39(24)3/h19-25,27-31,33H,4-18H2,1-3H3,(H,36,43). The van der Waals surface area contributed by atoms with Crippen molar-refractivity contribution >= 4 is 18.0 Å². The summed E-state index contributed by atoms with van der Waals surface area (Å²) in [6.45, 7) is 3.14. The second kappa shape index (κ2) is 12.6. The molecule has 11 atom stereocenters. The van der Waals surface area contributed by atoms with Crippen LogP contribution in [0.1, 0.15) is 70.6 Å². The Balaban J connectivity index is 1.15. The van der Waals surface area contributed by atoms with Gasteiger partial charge in [0.2, 0.25) is 0 Å². The van der Waals surface area contributed by atoms with Gasteiger partial charge < -0.3 is 24.8 Å². The monoisotopic (exact) mass is 612 g/mol. The number of hydrogen-bond acceptors (Lipinski definition) is 7. The number of nitrogens with zero attached hydrogens (tertiary/aromatic N) is 5. The number of carbonyl (C=O) groups is 2. The van der Waals surface area contributed by atoms with Gasteiger partial charge in [0, 0.05) is 51.9 Å². The normalized spacial score (nSPS) is 42.5. The molecule has 1 amide bonds. The van der Waals surface area contributed by atoms with Gasteiger partial charge in [0.1, 0.15) is 6.17 Å². The highest BCUT2D eigenvalue weighted by Gasteiger charge is 2.61. The molecule has 0 radical (unpaired) electrons. The van der Waals surface area contributed by atoms with E-state index in [0.29, 0.717) is 31.0 Å². The fraction of sp³-hybridized carbons (Fsp3) is 0.853. The third kappa shape index (κ3) is 5.72. The van der Waals surface area contributed by atoms with Gasteiger partial charge >= 0.3 is 0 Å². The first-order valence-electron chi connectivity index (χ1n) is 17.5. The van der Waals surface area contributed by atoms with Crippen LogP contribution in [-0.2, 0) is 14.3 Å². The number of ether oxygens (including phenoxy) is 1. The summed E-state index contributed by atoms with van der Waals surface area (Å²) >= 11 is 0. The van der Waals surface area contributed by atoms with E-state index in [4.69, 9.17) is 9.73 Å². The number of Topliss-reactive ketones (excluding diaryl/α,β-unsaturated/α-hetero) is 1. The summed E-state index contributed by atoms with van der Waals surface area (Å²) in [6, 6.07) is 0.120. The highest BCUT2D eigenvalue weighted by molar-refractivity contribution is 6.20. The van der Waals surface area contributed by atoms with Crippen molar-refractivity contribution < 1.29 is 18.7 Å². The molecule has 11 unspecified atom stereocenters. The number of nitrogens with one attached hydrogen (secondary N) is 1. The second-order valence-electron chi connectivity index (χ2n) is 15.2. The molecule has 0 spiro atoms. The Morgan fingerprint density at radius 2 is 1.89 bits per heavy atom. The topological polar surface area (TPSA) is 80.7 Å². The molecule has 0 aromatic heterocycles. The lowest BCUT2D eigenvalue weighted by Crippen LogP contribution is -2.73. The lowest BCUT2D eigenvalue weighted by Gasteiger charge is -2.61. The van der Waals surface area contributed by atoms with Crippen molar-refractivity contribution in [3.8, 4) is 0 Å². The first-order chi connectivity index (χ1) is 21.3. The molecule has 7 aliphatic rings. The van der Waals surface area contributed by atoms with Gasteiger partial charge in [-0.15, -0.1) is 0 Å². The average molecular weight is 613 g/mol. The van der Waals surface area contributed by atoms with Crippen LogP contribution in [0.5, 0.6) is 0 Å². The van der Waals surface area contributed by atoms with Crippen LogP contribution in [0, 0.1) is 17.8 Å². The Labute approximate surface area is 262 Å². The molecule has 3 saturated carbocycles. The summed E-state index contributed by atoms with van der Waals surface area (Å²) in [4.78, 5) is 41.3. The van der Waals surface area contributed by atoms with Gasteiger partial charge in [0.25, 0.3) is 5.91 Å². The Bertz CT molecular complexity index is 1150. The van der Waals surface area contributed by atoms with Gasteiger partial charge in [-0.2, -0.15) is 0 Å². The van der Waals surface area contributed by atoms with Crippen LogP contribution < -0.4 is 5.32 Å². The molecule has 6 fully saturated rings. The number of halogens is 1. The molecule has 9 nitrogen and oxygen atoms in total. The molecule has 7 rings (SSSR count). The van der Waals surface area contributed by atoms with E-state index in [1.54, 1.807) is 0 Å². The third-order valence-electron chi connectivity index (χ3n) is 12.3. The minimum atomic E-state index is -1.19. The maximum absolute atomic E-state index is 16.4. The van der Waals surface area contributed by atoms with Crippen molar-refractivity contribution in [2.24, 2.45) is 22.7 Å². The number of ketones is 1. The summed E-state index contributed by atoms with van der Waals surface area (Å²) in [6.07, 6.45) is 13.5. The molecule has 0 bridgehead atoms. The van der Waals surface area contributed by atoms with E-state index in [-0.39, 0.29) is 47.9 Å². The number of amides is 1. The van der Waals surface area contributed by atoms with E-state index in [1.165, 1.54) is 32.1 Å². The summed E-state index contributed by atoms with van der Waals surface area (Å²) < 4.78 is 23.5. The molecule has 4 heterocycles. The average Bonchev–Trinajstić information content (AvgIpc) is 3.65. The molecule has 44 heavy (non-hydrogen) atoms. The second-order valence-corrected chi connectivity index (χ2v) is 15.2. The van der Waals surface area contributed by atoms with Crippen LogP contribution in [0.15, 0.2) is 16.8 Å². The van der Waals surface area contributed by atoms with E-state index < -0.39 is 24.2 Å². The molecular weight excluding hydrogens is 559 g/mol. The molecule has 0 aromatic carbocycles. The van der Waals surface area contributed by atoms with Gasteiger partial charge in [0.15, 0.2) is 5.78 Å². The molecule has 4 aliphatic heterocycles. The van der Waals surface area contributed by atoms with Gasteiger partial charge in [-0.3, -0.25) is 19.5 Å². The van der Waals surface area contributed by atoms with Crippen molar-refractivity contribution in [2.45, 2.75) is 119 Å². The lowest BCUT2D eigenvalue weighted by molar-refractivity contribution is -0.219. The zero-order valence-corrected chi connectivity index (χ0v) is 27.0. The van der Waals surface area contributed by atoms with Gasteiger partial charge in [-0.1, -0.05) is 25.7 Å². The van der Waals surface area contributed by atoms with Gasteiger partial charge in [-0.25, -0.2) is 4.39 Å². The SMILES string of the molecule is CN(C)C=NC1CCN(C2C(F)CC3C(=O)C(C(=O)NCCC4CCCN4C)=CN4C5CC6CCCCC6CC5OC2C34)C1. The zero-order valence-electron chi connectivity index (χ0n) is 27.0. The zero-order chi connectivity index (χ0) is 30.5. The molecule has 10 heteroatoms. The molecule has 1 N–H and O–H groups in total. The van der Waals surface area contributed by atoms with Crippen molar-refractivity contribution in [3.05, 3.63) is 11.8 Å². The minimum Gasteiger partial charge on any atom is -0.369 e. The predicted molar refractivity (Wildman–Crippen MR) is 168 cm³/mol. The predicted octanol–water partition coefficient (Wildman–Crippen LogP) is 2.85. The maximum atomic E-state index is 16.4. The first kappa shape index (κ1) is 30.6. The molecule has 0 aromatic rings. The number of hydrogen-bond donors (Lipinski definition) is 1. The van der Waals surface area contributed by atoms with Gasteiger partial charge in [0.05, 0.1) is 48.3 Å². The van der Waals surface area contributed by atoms with Crippen molar-refractivity contribution in [3.63, 3.8) is 0 Å². The molecule has 3 aliphatic carbocycles. The van der Waals surface area contributed by atoms with Crippen LogP contribution in [-0.4, -0.2) is 134 Å². The van der Waals surface area contributed by atoms with Gasteiger partial charge in [-0.05, 0) is 70.4 Å².